The van der Waals surface area contributed by atoms with E-state index in [9.17, 15) is 27.9 Å². The van der Waals surface area contributed by atoms with Crippen molar-refractivity contribution in [3.05, 3.63) is 53.6 Å². The summed E-state index contributed by atoms with van der Waals surface area (Å²) in [6, 6.07) is 10.6. The van der Waals surface area contributed by atoms with Crippen molar-refractivity contribution >= 4 is 29.4 Å². The highest BCUT2D eigenvalue weighted by molar-refractivity contribution is 8.01. The summed E-state index contributed by atoms with van der Waals surface area (Å²) in [7, 11) is 0. The van der Waals surface area contributed by atoms with Crippen molar-refractivity contribution in [2.24, 2.45) is 0 Å². The molecule has 10 heteroatoms. The molecule has 0 aliphatic heterocycles. The predicted octanol–water partition coefficient (Wildman–Crippen LogP) is 6.34. The van der Waals surface area contributed by atoms with Gasteiger partial charge in [0.1, 0.15) is 10.5 Å². The lowest BCUT2D eigenvalue weighted by molar-refractivity contribution is -0.274. The summed E-state index contributed by atoms with van der Waals surface area (Å²) in [6.07, 6.45) is -1.74. The summed E-state index contributed by atoms with van der Waals surface area (Å²) in [5, 5.41) is 12.2. The lowest BCUT2D eigenvalue weighted by Crippen LogP contribution is -2.44. The molecule has 0 saturated carbocycles. The van der Waals surface area contributed by atoms with E-state index in [-0.39, 0.29) is 17.8 Å². The Bertz CT molecular complexity index is 1060. The number of halogens is 3. The lowest BCUT2D eigenvalue weighted by atomic mass is 10.1. The largest absolute Gasteiger partial charge is 0.573 e. The number of carboxylic acids is 1. The Kier molecular flexibility index (Phi) is 8.25. The molecule has 0 spiro atoms. The van der Waals surface area contributed by atoms with E-state index in [1.807, 2.05) is 25.1 Å². The number of hydrogen-bond donors (Lipinski definition) is 2. The molecule has 1 atom stereocenters. The molecule has 1 aliphatic rings. The number of nitrogens with zero attached hydrogens (tertiary/aromatic N) is 1. The van der Waals surface area contributed by atoms with E-state index in [1.165, 1.54) is 23.9 Å². The number of unbranched alkanes of at least 4 members (excludes halogenated alkanes) is 1. The number of aliphatic carboxylic acids is 1. The predicted molar refractivity (Wildman–Crippen MR) is 129 cm³/mol. The van der Waals surface area contributed by atoms with Gasteiger partial charge in [0.2, 0.25) is 0 Å². The Labute approximate surface area is 206 Å². The van der Waals surface area contributed by atoms with Gasteiger partial charge < -0.3 is 20.1 Å². The zero-order valence-corrected chi connectivity index (χ0v) is 20.6. The summed E-state index contributed by atoms with van der Waals surface area (Å²) in [4.78, 5) is 27.2. The minimum absolute atomic E-state index is 0.0721. The molecule has 6 nitrogen and oxygen atoms in total. The molecule has 0 radical (unpaired) electrons. The van der Waals surface area contributed by atoms with Gasteiger partial charge >= 0.3 is 18.4 Å². The number of fused-ring (bicyclic) bond motifs is 1. The van der Waals surface area contributed by atoms with E-state index in [2.05, 4.69) is 10.1 Å². The number of anilines is 1. The van der Waals surface area contributed by atoms with E-state index in [4.69, 9.17) is 0 Å². The van der Waals surface area contributed by atoms with Gasteiger partial charge in [-0.2, -0.15) is 0 Å². The molecule has 1 unspecified atom stereocenters. The average Bonchev–Trinajstić information content (AvgIpc) is 3.17. The average molecular weight is 511 g/mol. The summed E-state index contributed by atoms with van der Waals surface area (Å²) in [6.45, 7) is 5.90. The minimum Gasteiger partial charge on any atom is -0.480 e. The van der Waals surface area contributed by atoms with Gasteiger partial charge in [0.15, 0.2) is 0 Å². The van der Waals surface area contributed by atoms with Gasteiger partial charge in [0.05, 0.1) is 0 Å². The fourth-order valence-corrected chi connectivity index (χ4v) is 4.92. The maximum Gasteiger partial charge on any atom is 0.573 e. The molecular weight excluding hydrogens is 481 g/mol. The molecule has 0 heterocycles. The van der Waals surface area contributed by atoms with Crippen LogP contribution in [-0.2, 0) is 17.6 Å². The molecule has 0 fully saturated rings. The van der Waals surface area contributed by atoms with Crippen LogP contribution in [0.1, 0.15) is 44.7 Å². The summed E-state index contributed by atoms with van der Waals surface area (Å²) < 4.78 is 40.0. The van der Waals surface area contributed by atoms with Crippen LogP contribution in [-0.4, -0.2) is 45.7 Å². The van der Waals surface area contributed by atoms with Crippen molar-refractivity contribution < 1.29 is 32.6 Å². The van der Waals surface area contributed by atoms with E-state index in [0.717, 1.165) is 41.0 Å². The van der Waals surface area contributed by atoms with Crippen LogP contribution in [0.4, 0.5) is 23.7 Å². The third-order valence-corrected chi connectivity index (χ3v) is 6.94. The monoisotopic (exact) mass is 510 g/mol. The first kappa shape index (κ1) is 26.7. The van der Waals surface area contributed by atoms with Crippen LogP contribution >= 0.6 is 11.8 Å². The second-order valence-corrected chi connectivity index (χ2v) is 10.7. The summed E-state index contributed by atoms with van der Waals surface area (Å²) >= 11 is 1.28. The van der Waals surface area contributed by atoms with Gasteiger partial charge in [-0.25, -0.2) is 4.79 Å². The van der Waals surface area contributed by atoms with Gasteiger partial charge in [-0.3, -0.25) is 4.79 Å². The van der Waals surface area contributed by atoms with Crippen LogP contribution in [0.25, 0.3) is 0 Å². The van der Waals surface area contributed by atoms with Crippen molar-refractivity contribution in [3.8, 4) is 5.75 Å². The Balaban J connectivity index is 1.70. The number of hydrogen-bond acceptors (Lipinski definition) is 4. The summed E-state index contributed by atoms with van der Waals surface area (Å²) in [5.41, 5.74) is 2.58. The highest BCUT2D eigenvalue weighted by Gasteiger charge is 2.33. The van der Waals surface area contributed by atoms with Crippen molar-refractivity contribution in [1.29, 1.82) is 0 Å². The second kappa shape index (κ2) is 10.8. The van der Waals surface area contributed by atoms with Crippen LogP contribution in [0.15, 0.2) is 47.4 Å². The van der Waals surface area contributed by atoms with Crippen LogP contribution < -0.4 is 10.1 Å². The standard InChI is InChI=1S/C25H29F3N2O4S/c1-4-5-12-30(23(33)29-18-7-9-20(10-8-18)34-25(26,27)28)19-13-16-6-11-21(15-17(16)14-19)35-24(2,3)22(31)32/h6-11,15,19H,4-5,12-14H2,1-3H3,(H,29,33)(H,31,32). The van der Waals surface area contributed by atoms with E-state index in [0.29, 0.717) is 25.1 Å². The zero-order chi connectivity index (χ0) is 25.8. The molecular formula is C25H29F3N2O4S. The number of urea groups is 1. The molecule has 2 aromatic carbocycles. The molecule has 0 saturated heterocycles. The first-order chi connectivity index (χ1) is 16.4. The molecule has 2 amide bonds. The van der Waals surface area contributed by atoms with Gasteiger partial charge in [0, 0.05) is 23.2 Å². The first-order valence-corrected chi connectivity index (χ1v) is 12.2. The molecule has 2 N–H and O–H groups in total. The van der Waals surface area contributed by atoms with E-state index < -0.39 is 17.1 Å². The molecule has 35 heavy (non-hydrogen) atoms. The smallest absolute Gasteiger partial charge is 0.480 e. The number of thioether (sulfide) groups is 1. The fourth-order valence-electron chi connectivity index (χ4n) is 3.91. The van der Waals surface area contributed by atoms with Crippen molar-refractivity contribution in [2.75, 3.05) is 11.9 Å². The molecule has 0 bridgehead atoms. The second-order valence-electron chi connectivity index (χ2n) is 8.96. The Hall–Kier alpha value is -2.88. The summed E-state index contributed by atoms with van der Waals surface area (Å²) in [5.74, 6) is -1.24. The van der Waals surface area contributed by atoms with Crippen molar-refractivity contribution in [3.63, 3.8) is 0 Å². The minimum atomic E-state index is -4.78. The SMILES string of the molecule is CCCCN(C(=O)Nc1ccc(OC(F)(F)F)cc1)C1Cc2ccc(SC(C)(C)C(=O)O)cc2C1. The van der Waals surface area contributed by atoms with Gasteiger partial charge in [-0.15, -0.1) is 24.9 Å². The molecule has 0 aromatic heterocycles. The number of ether oxygens (including phenoxy) is 1. The number of alkyl halides is 3. The topological polar surface area (TPSA) is 78.9 Å². The number of nitrogens with one attached hydrogen (secondary N) is 1. The Morgan fingerprint density at radius 1 is 1.11 bits per heavy atom. The third-order valence-electron chi connectivity index (χ3n) is 5.77. The maximum atomic E-state index is 13.1. The highest BCUT2D eigenvalue weighted by atomic mass is 32.2. The van der Waals surface area contributed by atoms with E-state index >= 15 is 0 Å². The quantitative estimate of drug-likeness (QED) is 0.385. The van der Waals surface area contributed by atoms with E-state index in [1.54, 1.807) is 18.7 Å². The molecule has 190 valence electrons. The number of rotatable bonds is 9. The van der Waals surface area contributed by atoms with Gasteiger partial charge in [0.25, 0.3) is 0 Å². The fraction of sp³-hybridized carbons (Fsp3) is 0.440. The molecule has 1 aliphatic carbocycles. The number of carbonyl (C=O) groups is 2. The number of carboxylic acid groups (broad SMARTS) is 1. The lowest BCUT2D eigenvalue weighted by Gasteiger charge is -2.29. The number of amides is 2. The van der Waals surface area contributed by atoms with Crippen LogP contribution in [0.5, 0.6) is 5.75 Å². The number of benzene rings is 2. The van der Waals surface area contributed by atoms with Crippen LogP contribution in [0.2, 0.25) is 0 Å². The highest BCUT2D eigenvalue weighted by Crippen LogP contribution is 2.36. The van der Waals surface area contributed by atoms with Crippen LogP contribution in [0.3, 0.4) is 0 Å². The van der Waals surface area contributed by atoms with Crippen molar-refractivity contribution in [2.45, 2.75) is 68.5 Å². The van der Waals surface area contributed by atoms with Gasteiger partial charge in [-0.05, 0) is 80.6 Å². The van der Waals surface area contributed by atoms with Crippen LogP contribution in [0, 0.1) is 0 Å². The maximum absolute atomic E-state index is 13.1. The Morgan fingerprint density at radius 2 is 1.77 bits per heavy atom. The third kappa shape index (κ3) is 7.30. The number of carbonyl (C=O) groups excluding carboxylic acids is 1. The normalized spacial score (nSPS) is 15.4. The van der Waals surface area contributed by atoms with Crippen molar-refractivity contribution in [1.82, 2.24) is 4.90 Å². The Morgan fingerprint density at radius 3 is 2.37 bits per heavy atom. The zero-order valence-electron chi connectivity index (χ0n) is 19.8. The molecule has 3 rings (SSSR count). The first-order valence-electron chi connectivity index (χ1n) is 11.4. The molecule has 2 aromatic rings. The van der Waals surface area contributed by atoms with Gasteiger partial charge in [-0.1, -0.05) is 19.4 Å².